The number of hydrogen-bond donors (Lipinski definition) is 2. The van der Waals surface area contributed by atoms with Crippen LogP contribution in [0.1, 0.15) is 15.9 Å². The van der Waals surface area contributed by atoms with E-state index in [0.29, 0.717) is 18.5 Å². The molecule has 0 unspecified atom stereocenters. The van der Waals surface area contributed by atoms with Crippen molar-refractivity contribution in [3.63, 3.8) is 0 Å². The highest BCUT2D eigenvalue weighted by atomic mass is 19.3. The number of nitrogens with one attached hydrogen (secondary N) is 2. The molecule has 0 aliphatic heterocycles. The van der Waals surface area contributed by atoms with E-state index in [-0.39, 0.29) is 23.0 Å². The summed E-state index contributed by atoms with van der Waals surface area (Å²) in [4.78, 5) is 25.2. The van der Waals surface area contributed by atoms with Gasteiger partial charge in [-0.1, -0.05) is 6.07 Å². The summed E-state index contributed by atoms with van der Waals surface area (Å²) < 4.78 is 33.9. The van der Waals surface area contributed by atoms with Crippen molar-refractivity contribution in [2.24, 2.45) is 0 Å². The molecule has 0 saturated heterocycles. The summed E-state index contributed by atoms with van der Waals surface area (Å²) in [7, 11) is 1.36. The SMILES string of the molecule is COc1cc(CCNC(=O)c2ccc(=O)[nH]c2)ccc1OC(F)F. The average Bonchev–Trinajstić information content (AvgIpc) is 2.56. The number of carbonyl (C=O) groups is 1. The van der Waals surface area contributed by atoms with E-state index >= 15 is 0 Å². The molecule has 0 bridgehead atoms. The van der Waals surface area contributed by atoms with E-state index in [1.54, 1.807) is 12.1 Å². The molecule has 0 aliphatic carbocycles. The van der Waals surface area contributed by atoms with Crippen molar-refractivity contribution >= 4 is 5.91 Å². The highest BCUT2D eigenvalue weighted by Gasteiger charge is 2.11. The van der Waals surface area contributed by atoms with E-state index in [2.05, 4.69) is 15.0 Å². The van der Waals surface area contributed by atoms with Crippen LogP contribution >= 0.6 is 0 Å². The number of benzene rings is 1. The molecule has 1 heterocycles. The number of amides is 1. The summed E-state index contributed by atoms with van der Waals surface area (Å²) in [5.74, 6) is -0.177. The molecule has 2 aromatic rings. The number of ether oxygens (including phenoxy) is 2. The quantitative estimate of drug-likeness (QED) is 0.809. The van der Waals surface area contributed by atoms with Gasteiger partial charge in [0, 0.05) is 18.8 Å². The van der Waals surface area contributed by atoms with Gasteiger partial charge in [-0.15, -0.1) is 0 Å². The van der Waals surface area contributed by atoms with Crippen LogP contribution in [0.4, 0.5) is 8.78 Å². The molecule has 0 spiro atoms. The molecule has 0 fully saturated rings. The molecule has 1 aromatic carbocycles. The Labute approximate surface area is 136 Å². The predicted octanol–water partition coefficient (Wildman–Crippen LogP) is 1.96. The van der Waals surface area contributed by atoms with Crippen LogP contribution in [0, 0.1) is 0 Å². The number of pyridine rings is 1. The van der Waals surface area contributed by atoms with Gasteiger partial charge >= 0.3 is 6.61 Å². The van der Waals surface area contributed by atoms with Crippen molar-refractivity contribution in [1.82, 2.24) is 10.3 Å². The van der Waals surface area contributed by atoms with Gasteiger partial charge in [-0.3, -0.25) is 9.59 Å². The predicted molar refractivity (Wildman–Crippen MR) is 82.7 cm³/mol. The number of carbonyl (C=O) groups excluding carboxylic acids is 1. The third kappa shape index (κ3) is 4.80. The van der Waals surface area contributed by atoms with Crippen molar-refractivity contribution in [3.8, 4) is 11.5 Å². The van der Waals surface area contributed by atoms with Gasteiger partial charge in [0.2, 0.25) is 5.56 Å². The normalized spacial score (nSPS) is 10.5. The molecule has 2 N–H and O–H groups in total. The highest BCUT2D eigenvalue weighted by molar-refractivity contribution is 5.93. The lowest BCUT2D eigenvalue weighted by Crippen LogP contribution is -2.26. The van der Waals surface area contributed by atoms with E-state index in [4.69, 9.17) is 4.74 Å². The van der Waals surface area contributed by atoms with Crippen molar-refractivity contribution in [2.75, 3.05) is 13.7 Å². The number of aromatic amines is 1. The molecule has 24 heavy (non-hydrogen) atoms. The molecule has 128 valence electrons. The zero-order valence-corrected chi connectivity index (χ0v) is 12.8. The van der Waals surface area contributed by atoms with Crippen LogP contribution in [0.2, 0.25) is 0 Å². The maximum absolute atomic E-state index is 12.3. The molecular weight excluding hydrogens is 322 g/mol. The zero-order chi connectivity index (χ0) is 17.5. The van der Waals surface area contributed by atoms with Crippen LogP contribution in [0.3, 0.4) is 0 Å². The topological polar surface area (TPSA) is 80.4 Å². The molecule has 0 radical (unpaired) electrons. The van der Waals surface area contributed by atoms with E-state index in [1.807, 2.05) is 0 Å². The van der Waals surface area contributed by atoms with Crippen LogP contribution in [-0.4, -0.2) is 31.2 Å². The molecule has 0 atom stereocenters. The Morgan fingerprint density at radius 3 is 2.67 bits per heavy atom. The molecule has 6 nitrogen and oxygen atoms in total. The maximum Gasteiger partial charge on any atom is 0.387 e. The fraction of sp³-hybridized carbons (Fsp3) is 0.250. The molecule has 8 heteroatoms. The Morgan fingerprint density at radius 2 is 2.04 bits per heavy atom. The van der Waals surface area contributed by atoms with E-state index in [0.717, 1.165) is 5.56 Å². The maximum atomic E-state index is 12.3. The van der Waals surface area contributed by atoms with Crippen molar-refractivity contribution in [2.45, 2.75) is 13.0 Å². The van der Waals surface area contributed by atoms with Gasteiger partial charge in [0.15, 0.2) is 11.5 Å². The van der Waals surface area contributed by atoms with Crippen molar-refractivity contribution in [3.05, 3.63) is 58.0 Å². The summed E-state index contributed by atoms with van der Waals surface area (Å²) in [6.07, 6.45) is 1.80. The molecule has 0 aliphatic rings. The molecular formula is C16H16F2N2O4. The number of rotatable bonds is 7. The first-order valence-corrected chi connectivity index (χ1v) is 7.08. The fourth-order valence-corrected chi connectivity index (χ4v) is 2.04. The van der Waals surface area contributed by atoms with E-state index in [9.17, 15) is 18.4 Å². The van der Waals surface area contributed by atoms with Crippen LogP contribution in [0.25, 0.3) is 0 Å². The third-order valence-corrected chi connectivity index (χ3v) is 3.19. The molecule has 2 rings (SSSR count). The third-order valence-electron chi connectivity index (χ3n) is 3.19. The number of halogens is 2. The van der Waals surface area contributed by atoms with Gasteiger partial charge in [0.05, 0.1) is 12.7 Å². The highest BCUT2D eigenvalue weighted by Crippen LogP contribution is 2.29. The fourth-order valence-electron chi connectivity index (χ4n) is 2.04. The van der Waals surface area contributed by atoms with Gasteiger partial charge in [0.25, 0.3) is 5.91 Å². The van der Waals surface area contributed by atoms with Crippen molar-refractivity contribution in [1.29, 1.82) is 0 Å². The number of aromatic nitrogens is 1. The second-order valence-corrected chi connectivity index (χ2v) is 4.81. The van der Waals surface area contributed by atoms with Gasteiger partial charge in [0.1, 0.15) is 0 Å². The first-order valence-electron chi connectivity index (χ1n) is 7.08. The molecule has 1 amide bonds. The zero-order valence-electron chi connectivity index (χ0n) is 12.8. The van der Waals surface area contributed by atoms with Crippen LogP contribution in [-0.2, 0) is 6.42 Å². The Bertz CT molecular complexity index is 741. The first-order chi connectivity index (χ1) is 11.5. The first kappa shape index (κ1) is 17.5. The number of H-pyrrole nitrogens is 1. The molecule has 1 aromatic heterocycles. The minimum Gasteiger partial charge on any atom is -0.493 e. The van der Waals surface area contributed by atoms with Gasteiger partial charge in [-0.05, 0) is 30.2 Å². The van der Waals surface area contributed by atoms with Crippen molar-refractivity contribution < 1.29 is 23.0 Å². The van der Waals surface area contributed by atoms with Crippen LogP contribution < -0.4 is 20.3 Å². The van der Waals surface area contributed by atoms with Gasteiger partial charge in [-0.2, -0.15) is 8.78 Å². The van der Waals surface area contributed by atoms with Crippen LogP contribution in [0.15, 0.2) is 41.3 Å². The number of hydrogen-bond acceptors (Lipinski definition) is 4. The Balaban J connectivity index is 1.93. The minimum atomic E-state index is -2.93. The van der Waals surface area contributed by atoms with E-state index < -0.39 is 6.61 Å². The lowest BCUT2D eigenvalue weighted by Gasteiger charge is -2.11. The number of alkyl halides is 2. The summed E-state index contributed by atoms with van der Waals surface area (Å²) in [6.45, 7) is -2.60. The minimum absolute atomic E-state index is 0.0477. The average molecular weight is 338 g/mol. The van der Waals surface area contributed by atoms with Crippen LogP contribution in [0.5, 0.6) is 11.5 Å². The standard InChI is InChI=1S/C16H16F2N2O4/c1-23-13-8-10(2-4-12(13)24-16(17)18)6-7-19-15(22)11-3-5-14(21)20-9-11/h2-5,8-9,16H,6-7H2,1H3,(H,19,22)(H,20,21). The Hall–Kier alpha value is -2.90. The smallest absolute Gasteiger partial charge is 0.387 e. The Kier molecular flexibility index (Phi) is 5.89. The summed E-state index contributed by atoms with van der Waals surface area (Å²) in [6, 6.07) is 7.27. The Morgan fingerprint density at radius 1 is 1.25 bits per heavy atom. The van der Waals surface area contributed by atoms with Gasteiger partial charge in [-0.25, -0.2) is 0 Å². The lowest BCUT2D eigenvalue weighted by atomic mass is 10.1. The second-order valence-electron chi connectivity index (χ2n) is 4.81. The lowest BCUT2D eigenvalue weighted by molar-refractivity contribution is -0.0512. The van der Waals surface area contributed by atoms with Gasteiger partial charge < -0.3 is 19.8 Å². The summed E-state index contributed by atoms with van der Waals surface area (Å²) in [5.41, 5.74) is 0.841. The monoisotopic (exact) mass is 338 g/mol. The number of methoxy groups -OCH3 is 1. The summed E-state index contributed by atoms with van der Waals surface area (Å²) in [5, 5.41) is 2.70. The van der Waals surface area contributed by atoms with E-state index in [1.165, 1.54) is 31.5 Å². The summed E-state index contributed by atoms with van der Waals surface area (Å²) >= 11 is 0. The molecule has 0 saturated carbocycles. The largest absolute Gasteiger partial charge is 0.493 e. The second kappa shape index (κ2) is 8.09.